The third-order valence-corrected chi connectivity index (χ3v) is 4.56. The summed E-state index contributed by atoms with van der Waals surface area (Å²) in [5.74, 6) is 1.40. The third kappa shape index (κ3) is 4.46. The minimum absolute atomic E-state index is 0.163. The fourth-order valence-electron chi connectivity index (χ4n) is 2.91. The zero-order chi connectivity index (χ0) is 15.4. The Morgan fingerprint density at radius 1 is 1.29 bits per heavy atom. The van der Waals surface area contributed by atoms with Crippen LogP contribution in [0.15, 0.2) is 24.3 Å². The van der Waals surface area contributed by atoms with Crippen molar-refractivity contribution in [1.29, 1.82) is 0 Å². The Hall–Kier alpha value is -1.55. The van der Waals surface area contributed by atoms with Gasteiger partial charge in [0.2, 0.25) is 0 Å². The molecule has 0 saturated heterocycles. The molecule has 4 unspecified atom stereocenters. The summed E-state index contributed by atoms with van der Waals surface area (Å²) < 4.78 is 0. The molecule has 0 spiro atoms. The van der Waals surface area contributed by atoms with E-state index in [2.05, 4.69) is 24.5 Å². The van der Waals surface area contributed by atoms with Crippen molar-refractivity contribution in [3.8, 4) is 0 Å². The van der Waals surface area contributed by atoms with Crippen LogP contribution >= 0.6 is 0 Å². The predicted molar refractivity (Wildman–Crippen MR) is 85.2 cm³/mol. The van der Waals surface area contributed by atoms with Gasteiger partial charge >= 0.3 is 6.03 Å². The molecule has 1 aliphatic rings. The van der Waals surface area contributed by atoms with E-state index >= 15 is 0 Å². The molecule has 1 fully saturated rings. The highest BCUT2D eigenvalue weighted by molar-refractivity contribution is 5.89. The van der Waals surface area contributed by atoms with Crippen LogP contribution < -0.4 is 10.6 Å². The summed E-state index contributed by atoms with van der Waals surface area (Å²) in [6, 6.07) is 7.41. The first-order chi connectivity index (χ1) is 9.95. The average Bonchev–Trinajstić information content (AvgIpc) is 2.43. The van der Waals surface area contributed by atoms with Gasteiger partial charge in [-0.3, -0.25) is 0 Å². The van der Waals surface area contributed by atoms with E-state index in [4.69, 9.17) is 0 Å². The highest BCUT2D eigenvalue weighted by Crippen LogP contribution is 2.29. The van der Waals surface area contributed by atoms with Crippen molar-refractivity contribution in [3.05, 3.63) is 29.8 Å². The van der Waals surface area contributed by atoms with E-state index < -0.39 is 6.10 Å². The van der Waals surface area contributed by atoms with Crippen LogP contribution in [-0.4, -0.2) is 17.2 Å². The quantitative estimate of drug-likeness (QED) is 0.795. The first-order valence-electron chi connectivity index (χ1n) is 7.81. The van der Waals surface area contributed by atoms with Gasteiger partial charge in [-0.1, -0.05) is 26.0 Å². The van der Waals surface area contributed by atoms with Crippen LogP contribution in [0.25, 0.3) is 0 Å². The summed E-state index contributed by atoms with van der Waals surface area (Å²) in [6.07, 6.45) is 2.73. The molecule has 1 saturated carbocycles. The molecule has 1 aliphatic carbocycles. The molecule has 4 atom stereocenters. The van der Waals surface area contributed by atoms with Gasteiger partial charge in [-0.25, -0.2) is 4.79 Å². The fraction of sp³-hybridized carbons (Fsp3) is 0.588. The van der Waals surface area contributed by atoms with Gasteiger partial charge in [-0.2, -0.15) is 0 Å². The number of hydrogen-bond acceptors (Lipinski definition) is 2. The second kappa shape index (κ2) is 6.94. The molecule has 21 heavy (non-hydrogen) atoms. The molecule has 2 rings (SSSR count). The van der Waals surface area contributed by atoms with Gasteiger partial charge in [0, 0.05) is 11.7 Å². The number of amides is 2. The fourth-order valence-corrected chi connectivity index (χ4v) is 2.91. The van der Waals surface area contributed by atoms with E-state index in [0.29, 0.717) is 11.6 Å². The number of carbonyl (C=O) groups excluding carboxylic acids is 1. The smallest absolute Gasteiger partial charge is 0.319 e. The monoisotopic (exact) mass is 290 g/mol. The van der Waals surface area contributed by atoms with Gasteiger partial charge in [-0.15, -0.1) is 0 Å². The van der Waals surface area contributed by atoms with Crippen molar-refractivity contribution in [2.45, 2.75) is 52.2 Å². The topological polar surface area (TPSA) is 61.4 Å². The molecule has 0 radical (unpaired) electrons. The highest BCUT2D eigenvalue weighted by Gasteiger charge is 2.25. The molecule has 0 aromatic heterocycles. The average molecular weight is 290 g/mol. The van der Waals surface area contributed by atoms with Crippen molar-refractivity contribution in [3.63, 3.8) is 0 Å². The molecule has 1 aromatic rings. The standard InChI is InChI=1S/C17H26N2O2/c1-11-7-8-16(9-12(11)2)19-17(21)18-15-6-4-5-14(10-15)13(3)20/h4-6,10-13,16,20H,7-9H2,1-3H3,(H2,18,19,21). The van der Waals surface area contributed by atoms with Crippen LogP contribution in [0.1, 0.15) is 51.7 Å². The van der Waals surface area contributed by atoms with Crippen molar-refractivity contribution >= 4 is 11.7 Å². The largest absolute Gasteiger partial charge is 0.389 e. The lowest BCUT2D eigenvalue weighted by Crippen LogP contribution is -2.41. The van der Waals surface area contributed by atoms with Crippen LogP contribution in [-0.2, 0) is 0 Å². The molecular formula is C17H26N2O2. The number of urea groups is 1. The summed E-state index contributed by atoms with van der Waals surface area (Å²) in [4.78, 5) is 12.1. The van der Waals surface area contributed by atoms with Crippen LogP contribution in [0, 0.1) is 11.8 Å². The number of rotatable bonds is 3. The Kier molecular flexibility index (Phi) is 5.23. The number of carbonyl (C=O) groups is 1. The summed E-state index contributed by atoms with van der Waals surface area (Å²) in [7, 11) is 0. The second-order valence-corrected chi connectivity index (χ2v) is 6.36. The van der Waals surface area contributed by atoms with E-state index in [1.54, 1.807) is 13.0 Å². The minimum Gasteiger partial charge on any atom is -0.389 e. The predicted octanol–water partition coefficient (Wildman–Crippen LogP) is 3.69. The number of aliphatic hydroxyl groups excluding tert-OH is 1. The third-order valence-electron chi connectivity index (χ3n) is 4.56. The molecule has 4 heteroatoms. The van der Waals surface area contributed by atoms with Crippen LogP contribution in [0.3, 0.4) is 0 Å². The molecule has 3 N–H and O–H groups in total. The van der Waals surface area contributed by atoms with Gasteiger partial charge in [-0.05, 0) is 55.7 Å². The Morgan fingerprint density at radius 2 is 2.05 bits per heavy atom. The lowest BCUT2D eigenvalue weighted by molar-refractivity contribution is 0.199. The molecule has 4 nitrogen and oxygen atoms in total. The Bertz CT molecular complexity index is 487. The van der Waals surface area contributed by atoms with Crippen molar-refractivity contribution < 1.29 is 9.90 Å². The number of aliphatic hydroxyl groups is 1. The van der Waals surface area contributed by atoms with E-state index in [1.165, 1.54) is 6.42 Å². The van der Waals surface area contributed by atoms with Gasteiger partial charge in [0.15, 0.2) is 0 Å². The second-order valence-electron chi connectivity index (χ2n) is 6.36. The maximum absolute atomic E-state index is 12.1. The summed E-state index contributed by atoms with van der Waals surface area (Å²) in [5, 5.41) is 15.5. The molecule has 1 aromatic carbocycles. The Morgan fingerprint density at radius 3 is 2.71 bits per heavy atom. The van der Waals surface area contributed by atoms with Crippen molar-refractivity contribution in [2.75, 3.05) is 5.32 Å². The summed E-state index contributed by atoms with van der Waals surface area (Å²) in [5.41, 5.74) is 1.51. The van der Waals surface area contributed by atoms with Gasteiger partial charge in [0.1, 0.15) is 0 Å². The van der Waals surface area contributed by atoms with Crippen molar-refractivity contribution in [1.82, 2.24) is 5.32 Å². The van der Waals surface area contributed by atoms with E-state index in [-0.39, 0.29) is 12.1 Å². The minimum atomic E-state index is -0.532. The molecule has 2 amide bonds. The zero-order valence-corrected chi connectivity index (χ0v) is 13.1. The Labute approximate surface area is 126 Å². The van der Waals surface area contributed by atoms with E-state index in [1.807, 2.05) is 18.2 Å². The number of anilines is 1. The molecule has 0 aliphatic heterocycles. The van der Waals surface area contributed by atoms with E-state index in [0.717, 1.165) is 24.3 Å². The highest BCUT2D eigenvalue weighted by atomic mass is 16.3. The summed E-state index contributed by atoms with van der Waals surface area (Å²) in [6.45, 7) is 6.24. The number of hydrogen-bond donors (Lipinski definition) is 3. The molecule has 116 valence electrons. The van der Waals surface area contributed by atoms with E-state index in [9.17, 15) is 9.90 Å². The van der Waals surface area contributed by atoms with Gasteiger partial charge in [0.05, 0.1) is 6.10 Å². The maximum Gasteiger partial charge on any atom is 0.319 e. The van der Waals surface area contributed by atoms with Crippen LogP contribution in [0.2, 0.25) is 0 Å². The van der Waals surface area contributed by atoms with Gasteiger partial charge in [0.25, 0.3) is 0 Å². The number of benzene rings is 1. The van der Waals surface area contributed by atoms with Crippen molar-refractivity contribution in [2.24, 2.45) is 11.8 Å². The SMILES string of the molecule is CC(O)c1cccc(NC(=O)NC2CCC(C)C(C)C2)c1. The molecule has 0 heterocycles. The van der Waals surface area contributed by atoms with Crippen LogP contribution in [0.4, 0.5) is 10.5 Å². The summed E-state index contributed by atoms with van der Waals surface area (Å²) >= 11 is 0. The first kappa shape index (κ1) is 15.8. The Balaban J connectivity index is 1.88. The molecule has 0 bridgehead atoms. The lowest BCUT2D eigenvalue weighted by atomic mass is 9.79. The number of nitrogens with one attached hydrogen (secondary N) is 2. The zero-order valence-electron chi connectivity index (χ0n) is 13.1. The van der Waals surface area contributed by atoms with Crippen LogP contribution in [0.5, 0.6) is 0 Å². The maximum atomic E-state index is 12.1. The normalized spacial score (nSPS) is 27.0. The first-order valence-corrected chi connectivity index (χ1v) is 7.81. The molecular weight excluding hydrogens is 264 g/mol. The lowest BCUT2D eigenvalue weighted by Gasteiger charge is -2.32. The van der Waals surface area contributed by atoms with Gasteiger partial charge < -0.3 is 15.7 Å².